The van der Waals surface area contributed by atoms with Gasteiger partial charge < -0.3 is 15.0 Å². The summed E-state index contributed by atoms with van der Waals surface area (Å²) in [7, 11) is 4.64. The van der Waals surface area contributed by atoms with Crippen molar-refractivity contribution in [3.63, 3.8) is 0 Å². The number of carbonyl (C=O) groups excluding carboxylic acids is 2. The van der Waals surface area contributed by atoms with Crippen molar-refractivity contribution in [3.05, 3.63) is 96.1 Å². The SMILES string of the molecule is CNC(=O)c1cc(Oc2cccc(-c3c[nH]c(C(=O)N(c4cccc(C(F)(F)F)c4)N(C)C)c3)c2)ccn1. The average molecular weight is 524 g/mol. The molecule has 2 aromatic carbocycles. The Morgan fingerprint density at radius 3 is 2.39 bits per heavy atom. The van der Waals surface area contributed by atoms with Gasteiger partial charge in [-0.05, 0) is 48.0 Å². The number of aromatic amines is 1. The van der Waals surface area contributed by atoms with Crippen molar-refractivity contribution in [2.75, 3.05) is 26.2 Å². The Balaban J connectivity index is 1.58. The first-order valence-corrected chi connectivity index (χ1v) is 11.4. The fourth-order valence-corrected chi connectivity index (χ4v) is 3.74. The molecule has 0 aliphatic carbocycles. The van der Waals surface area contributed by atoms with E-state index in [1.807, 2.05) is 6.07 Å². The second-order valence-electron chi connectivity index (χ2n) is 8.40. The van der Waals surface area contributed by atoms with E-state index in [1.165, 1.54) is 36.5 Å². The number of hydrogen-bond acceptors (Lipinski definition) is 5. The van der Waals surface area contributed by atoms with Gasteiger partial charge in [0.1, 0.15) is 22.9 Å². The first kappa shape index (κ1) is 26.4. The molecule has 4 aromatic rings. The Hall–Kier alpha value is -4.64. The van der Waals surface area contributed by atoms with Crippen LogP contribution in [0.3, 0.4) is 0 Å². The number of alkyl halides is 3. The van der Waals surface area contributed by atoms with Gasteiger partial charge in [0.15, 0.2) is 0 Å². The van der Waals surface area contributed by atoms with E-state index >= 15 is 0 Å². The molecular weight excluding hydrogens is 499 g/mol. The average Bonchev–Trinajstić information content (AvgIpc) is 3.39. The van der Waals surface area contributed by atoms with Gasteiger partial charge in [-0.15, -0.1) is 0 Å². The Morgan fingerprint density at radius 1 is 0.947 bits per heavy atom. The minimum atomic E-state index is -4.54. The van der Waals surface area contributed by atoms with Gasteiger partial charge in [0.25, 0.3) is 11.8 Å². The van der Waals surface area contributed by atoms with Crippen LogP contribution in [-0.4, -0.2) is 47.9 Å². The number of hydrazine groups is 1. The van der Waals surface area contributed by atoms with Crippen LogP contribution in [0.25, 0.3) is 11.1 Å². The molecule has 0 bridgehead atoms. The predicted octanol–water partition coefficient (Wildman–Crippen LogP) is 5.37. The Labute approximate surface area is 216 Å². The maximum atomic E-state index is 13.3. The lowest BCUT2D eigenvalue weighted by Crippen LogP contribution is -2.42. The number of nitrogens with zero attached hydrogens (tertiary/aromatic N) is 3. The number of benzene rings is 2. The number of carbonyl (C=O) groups is 2. The maximum absolute atomic E-state index is 13.3. The topological polar surface area (TPSA) is 90.6 Å². The molecule has 0 spiro atoms. The van der Waals surface area contributed by atoms with Gasteiger partial charge in [-0.3, -0.25) is 14.6 Å². The van der Waals surface area contributed by atoms with Crippen LogP contribution in [0.4, 0.5) is 18.9 Å². The van der Waals surface area contributed by atoms with E-state index in [2.05, 4.69) is 15.3 Å². The normalized spacial score (nSPS) is 11.3. The Morgan fingerprint density at radius 2 is 1.68 bits per heavy atom. The summed E-state index contributed by atoms with van der Waals surface area (Å²) in [6.07, 6.45) is -1.44. The molecule has 0 unspecified atom stereocenters. The summed E-state index contributed by atoms with van der Waals surface area (Å²) in [6.45, 7) is 0. The standard InChI is InChI=1S/C27H24F3N5O3/c1-31-25(36)23-15-22(10-11-32-23)38-21-9-4-6-17(12-21)18-13-24(33-16-18)26(37)35(34(2)3)20-8-5-7-19(14-20)27(28,29)30/h4-16,33H,1-3H3,(H,31,36). The Bertz CT molecular complexity index is 1470. The molecule has 2 N–H and O–H groups in total. The number of rotatable bonds is 7. The van der Waals surface area contributed by atoms with Gasteiger partial charge in [0.2, 0.25) is 0 Å². The van der Waals surface area contributed by atoms with Gasteiger partial charge in [-0.1, -0.05) is 18.2 Å². The molecule has 2 aromatic heterocycles. The lowest BCUT2D eigenvalue weighted by Gasteiger charge is -2.29. The molecule has 0 saturated heterocycles. The lowest BCUT2D eigenvalue weighted by molar-refractivity contribution is -0.137. The van der Waals surface area contributed by atoms with E-state index in [1.54, 1.807) is 50.6 Å². The fourth-order valence-electron chi connectivity index (χ4n) is 3.74. The van der Waals surface area contributed by atoms with Crippen LogP contribution in [0.15, 0.2) is 79.1 Å². The number of nitrogens with one attached hydrogen (secondary N) is 2. The third-order valence-corrected chi connectivity index (χ3v) is 5.52. The van der Waals surface area contributed by atoms with E-state index in [0.717, 1.165) is 22.7 Å². The van der Waals surface area contributed by atoms with Crippen molar-refractivity contribution >= 4 is 17.5 Å². The van der Waals surface area contributed by atoms with Crippen molar-refractivity contribution in [1.29, 1.82) is 0 Å². The minimum Gasteiger partial charge on any atom is -0.457 e. The van der Waals surface area contributed by atoms with Crippen molar-refractivity contribution in [3.8, 4) is 22.6 Å². The van der Waals surface area contributed by atoms with Gasteiger partial charge in [0.05, 0.1) is 11.3 Å². The molecule has 0 saturated carbocycles. The second-order valence-corrected chi connectivity index (χ2v) is 8.40. The zero-order valence-electron chi connectivity index (χ0n) is 20.7. The lowest BCUT2D eigenvalue weighted by atomic mass is 10.1. The number of amides is 2. The second kappa shape index (κ2) is 10.8. The molecule has 2 amide bonds. The van der Waals surface area contributed by atoms with E-state index in [4.69, 9.17) is 4.74 Å². The number of pyridine rings is 1. The van der Waals surface area contributed by atoms with Crippen LogP contribution < -0.4 is 15.1 Å². The number of anilines is 1. The Kier molecular flexibility index (Phi) is 7.49. The van der Waals surface area contributed by atoms with Gasteiger partial charge >= 0.3 is 6.18 Å². The minimum absolute atomic E-state index is 0.0786. The van der Waals surface area contributed by atoms with Crippen LogP contribution in [0.5, 0.6) is 11.5 Å². The van der Waals surface area contributed by atoms with Crippen LogP contribution in [0, 0.1) is 0 Å². The molecule has 8 nitrogen and oxygen atoms in total. The highest BCUT2D eigenvalue weighted by Crippen LogP contribution is 2.33. The number of H-pyrrole nitrogens is 1. The quantitative estimate of drug-likeness (QED) is 0.318. The van der Waals surface area contributed by atoms with E-state index in [0.29, 0.717) is 17.1 Å². The summed E-state index contributed by atoms with van der Waals surface area (Å²) < 4.78 is 45.6. The van der Waals surface area contributed by atoms with Crippen molar-refractivity contribution in [2.45, 2.75) is 6.18 Å². The third kappa shape index (κ3) is 5.84. The monoisotopic (exact) mass is 523 g/mol. The highest BCUT2D eigenvalue weighted by atomic mass is 19.4. The molecule has 11 heteroatoms. The molecule has 2 heterocycles. The highest BCUT2D eigenvalue weighted by molar-refractivity contribution is 6.05. The number of hydrogen-bond donors (Lipinski definition) is 2. The molecule has 196 valence electrons. The third-order valence-electron chi connectivity index (χ3n) is 5.52. The summed E-state index contributed by atoms with van der Waals surface area (Å²) in [6, 6.07) is 16.4. The summed E-state index contributed by atoms with van der Waals surface area (Å²) in [5.41, 5.74) is 1.02. The van der Waals surface area contributed by atoms with Gasteiger partial charge in [-0.2, -0.15) is 13.2 Å². The fraction of sp³-hybridized carbons (Fsp3) is 0.148. The number of ether oxygens (including phenoxy) is 1. The molecule has 0 radical (unpaired) electrons. The molecule has 38 heavy (non-hydrogen) atoms. The molecule has 4 rings (SSSR count). The molecule has 0 aliphatic rings. The van der Waals surface area contributed by atoms with Crippen molar-refractivity contribution in [2.24, 2.45) is 0 Å². The van der Waals surface area contributed by atoms with Crippen LogP contribution in [0.2, 0.25) is 0 Å². The van der Waals surface area contributed by atoms with Crippen molar-refractivity contribution in [1.82, 2.24) is 20.3 Å². The summed E-state index contributed by atoms with van der Waals surface area (Å²) >= 11 is 0. The molecule has 0 aliphatic heterocycles. The van der Waals surface area contributed by atoms with Crippen molar-refractivity contribution < 1.29 is 27.5 Å². The van der Waals surface area contributed by atoms with E-state index in [9.17, 15) is 22.8 Å². The summed E-state index contributed by atoms with van der Waals surface area (Å²) in [5.74, 6) is 0.0324. The highest BCUT2D eigenvalue weighted by Gasteiger charge is 2.32. The van der Waals surface area contributed by atoms with Crippen LogP contribution in [-0.2, 0) is 6.18 Å². The first-order chi connectivity index (χ1) is 18.1. The number of aromatic nitrogens is 2. The largest absolute Gasteiger partial charge is 0.457 e. The summed E-state index contributed by atoms with van der Waals surface area (Å²) in [4.78, 5) is 32.1. The predicted molar refractivity (Wildman–Crippen MR) is 136 cm³/mol. The van der Waals surface area contributed by atoms with E-state index < -0.39 is 17.6 Å². The van der Waals surface area contributed by atoms with E-state index in [-0.39, 0.29) is 23.0 Å². The zero-order valence-corrected chi connectivity index (χ0v) is 20.7. The molecule has 0 atom stereocenters. The first-order valence-electron chi connectivity index (χ1n) is 11.4. The maximum Gasteiger partial charge on any atom is 0.416 e. The summed E-state index contributed by atoms with van der Waals surface area (Å²) in [5, 5.41) is 5.07. The molecular formula is C27H24F3N5O3. The molecule has 0 fully saturated rings. The number of halogens is 3. The zero-order chi connectivity index (χ0) is 27.4. The van der Waals surface area contributed by atoms with Crippen LogP contribution >= 0.6 is 0 Å². The van der Waals surface area contributed by atoms with Gasteiger partial charge in [0, 0.05) is 45.2 Å². The van der Waals surface area contributed by atoms with Gasteiger partial charge in [-0.25, -0.2) is 10.0 Å². The van der Waals surface area contributed by atoms with Crippen LogP contribution in [0.1, 0.15) is 26.5 Å². The smallest absolute Gasteiger partial charge is 0.416 e.